The second-order valence-electron chi connectivity index (χ2n) is 5.34. The van der Waals surface area contributed by atoms with Gasteiger partial charge in [-0.05, 0) is 40.7 Å². The lowest BCUT2D eigenvalue weighted by Gasteiger charge is -2.38. The summed E-state index contributed by atoms with van der Waals surface area (Å²) >= 11 is 0. The lowest BCUT2D eigenvalue weighted by molar-refractivity contribution is -0.923. The Morgan fingerprint density at radius 2 is 1.67 bits per heavy atom. The molecule has 0 saturated heterocycles. The third-order valence-electron chi connectivity index (χ3n) is 3.87. The highest BCUT2D eigenvalue weighted by Gasteiger charge is 2.27. The standard InChI is InChI=1S/C14H28N2O.ClH/c1-7-13(17)15-14(5,6)11-12-16(8-2,9-3)10-4;/h7H,1,8-12H2,2-6H3;1H. The molecule has 3 nitrogen and oxygen atoms in total. The highest BCUT2D eigenvalue weighted by molar-refractivity contribution is 5.87. The summed E-state index contributed by atoms with van der Waals surface area (Å²) in [6.45, 7) is 18.9. The van der Waals surface area contributed by atoms with Crippen LogP contribution in [0, 0.1) is 0 Å². The molecule has 1 amide bonds. The number of halogens is 1. The Balaban J connectivity index is 0. The van der Waals surface area contributed by atoms with Crippen molar-refractivity contribution in [1.82, 2.24) is 5.32 Å². The van der Waals surface area contributed by atoms with Crippen LogP contribution in [0.25, 0.3) is 0 Å². The van der Waals surface area contributed by atoms with Crippen LogP contribution in [0.1, 0.15) is 41.0 Å². The van der Waals surface area contributed by atoms with Gasteiger partial charge in [0.25, 0.3) is 0 Å². The van der Waals surface area contributed by atoms with Gasteiger partial charge in [0.15, 0.2) is 0 Å². The van der Waals surface area contributed by atoms with Gasteiger partial charge in [-0.2, -0.15) is 0 Å². The fourth-order valence-corrected chi connectivity index (χ4v) is 2.11. The van der Waals surface area contributed by atoms with E-state index in [0.717, 1.165) is 37.1 Å². The van der Waals surface area contributed by atoms with E-state index >= 15 is 0 Å². The highest BCUT2D eigenvalue weighted by Crippen LogP contribution is 2.15. The number of nitrogens with zero attached hydrogens (tertiary/aromatic N) is 1. The van der Waals surface area contributed by atoms with Crippen molar-refractivity contribution in [1.29, 1.82) is 0 Å². The number of hydrogen-bond acceptors (Lipinski definition) is 1. The average Bonchev–Trinajstić information content (AvgIpc) is 2.31. The first-order valence-corrected chi connectivity index (χ1v) is 6.64. The number of amides is 1. The first-order valence-electron chi connectivity index (χ1n) is 6.64. The Morgan fingerprint density at radius 3 is 2.00 bits per heavy atom. The van der Waals surface area contributed by atoms with Crippen molar-refractivity contribution in [3.05, 3.63) is 12.7 Å². The summed E-state index contributed by atoms with van der Waals surface area (Å²) in [4.78, 5) is 11.3. The molecular weight excluding hydrogens is 248 g/mol. The molecule has 18 heavy (non-hydrogen) atoms. The van der Waals surface area contributed by atoms with E-state index in [4.69, 9.17) is 0 Å². The predicted molar refractivity (Wildman–Crippen MR) is 73.8 cm³/mol. The zero-order valence-corrected chi connectivity index (χ0v) is 13.3. The average molecular weight is 277 g/mol. The van der Waals surface area contributed by atoms with Crippen LogP contribution in [0.15, 0.2) is 12.7 Å². The molecule has 0 spiro atoms. The van der Waals surface area contributed by atoms with Crippen molar-refractivity contribution in [3.63, 3.8) is 0 Å². The smallest absolute Gasteiger partial charge is 0.243 e. The van der Waals surface area contributed by atoms with Crippen LogP contribution < -0.4 is 17.7 Å². The van der Waals surface area contributed by atoms with Crippen molar-refractivity contribution in [2.45, 2.75) is 46.6 Å². The Labute approximate surface area is 119 Å². The van der Waals surface area contributed by atoms with Gasteiger partial charge in [-0.15, -0.1) is 0 Å². The minimum Gasteiger partial charge on any atom is -1.00 e. The zero-order valence-electron chi connectivity index (χ0n) is 12.6. The third kappa shape index (κ3) is 6.41. The second-order valence-corrected chi connectivity index (χ2v) is 5.34. The lowest BCUT2D eigenvalue weighted by Crippen LogP contribution is -3.00. The monoisotopic (exact) mass is 276 g/mol. The van der Waals surface area contributed by atoms with E-state index in [2.05, 4.69) is 46.5 Å². The van der Waals surface area contributed by atoms with Crippen molar-refractivity contribution < 1.29 is 21.7 Å². The maximum atomic E-state index is 11.3. The van der Waals surface area contributed by atoms with Crippen LogP contribution in [-0.2, 0) is 4.79 Å². The molecule has 1 N–H and O–H groups in total. The van der Waals surface area contributed by atoms with Gasteiger partial charge in [-0.25, -0.2) is 0 Å². The molecule has 0 radical (unpaired) electrons. The van der Waals surface area contributed by atoms with Gasteiger partial charge < -0.3 is 22.2 Å². The fraction of sp³-hybridized carbons (Fsp3) is 0.786. The zero-order chi connectivity index (χ0) is 13.5. The predicted octanol–water partition coefficient (Wildman–Crippen LogP) is -0.662. The molecule has 0 atom stereocenters. The van der Waals surface area contributed by atoms with E-state index < -0.39 is 0 Å². The maximum absolute atomic E-state index is 11.3. The Kier molecular flexibility index (Phi) is 9.39. The summed E-state index contributed by atoms with van der Waals surface area (Å²) in [6, 6.07) is 0. The molecule has 108 valence electrons. The second kappa shape index (κ2) is 8.54. The molecule has 0 fully saturated rings. The molecule has 0 bridgehead atoms. The van der Waals surface area contributed by atoms with Crippen molar-refractivity contribution in [2.24, 2.45) is 0 Å². The number of rotatable bonds is 8. The van der Waals surface area contributed by atoms with Gasteiger partial charge in [0, 0.05) is 12.0 Å². The summed E-state index contributed by atoms with van der Waals surface area (Å²) in [6.07, 6.45) is 2.32. The van der Waals surface area contributed by atoms with Crippen LogP contribution in [0.4, 0.5) is 0 Å². The quantitative estimate of drug-likeness (QED) is 0.463. The van der Waals surface area contributed by atoms with Gasteiger partial charge in [-0.1, -0.05) is 6.58 Å². The molecule has 0 aliphatic rings. The van der Waals surface area contributed by atoms with Gasteiger partial charge in [0.1, 0.15) is 0 Å². The maximum Gasteiger partial charge on any atom is 0.243 e. The molecule has 0 heterocycles. The molecular formula is C14H29ClN2O. The summed E-state index contributed by atoms with van der Waals surface area (Å²) in [5.41, 5.74) is -0.158. The minimum absolute atomic E-state index is 0. The van der Waals surface area contributed by atoms with E-state index in [1.54, 1.807) is 0 Å². The number of nitrogens with one attached hydrogen (secondary N) is 1. The number of carbonyl (C=O) groups excluding carboxylic acids is 1. The van der Waals surface area contributed by atoms with Crippen molar-refractivity contribution >= 4 is 5.91 Å². The highest BCUT2D eigenvalue weighted by atomic mass is 35.5. The van der Waals surface area contributed by atoms with Gasteiger partial charge in [0.05, 0.1) is 26.2 Å². The molecule has 0 aliphatic carbocycles. The van der Waals surface area contributed by atoms with Gasteiger partial charge >= 0.3 is 0 Å². The first kappa shape index (κ1) is 19.8. The lowest BCUT2D eigenvalue weighted by atomic mass is 9.99. The van der Waals surface area contributed by atoms with E-state index in [9.17, 15) is 4.79 Å². The summed E-state index contributed by atoms with van der Waals surface area (Å²) in [5.74, 6) is -0.0856. The van der Waals surface area contributed by atoms with E-state index in [1.165, 1.54) is 6.08 Å². The van der Waals surface area contributed by atoms with Crippen molar-refractivity contribution in [3.8, 4) is 0 Å². The molecule has 0 aromatic rings. The summed E-state index contributed by atoms with van der Waals surface area (Å²) in [5, 5.41) is 2.98. The van der Waals surface area contributed by atoms with Crippen LogP contribution in [0.2, 0.25) is 0 Å². The Hall–Kier alpha value is -0.540. The van der Waals surface area contributed by atoms with E-state index in [1.807, 2.05) is 0 Å². The largest absolute Gasteiger partial charge is 1.00 e. The number of carbonyl (C=O) groups is 1. The molecule has 0 aromatic heterocycles. The normalized spacial score (nSPS) is 11.6. The van der Waals surface area contributed by atoms with Gasteiger partial charge in [-0.3, -0.25) is 4.79 Å². The van der Waals surface area contributed by atoms with Crippen LogP contribution in [0.5, 0.6) is 0 Å². The van der Waals surface area contributed by atoms with Crippen LogP contribution in [0.3, 0.4) is 0 Å². The van der Waals surface area contributed by atoms with Gasteiger partial charge in [0.2, 0.25) is 5.91 Å². The Morgan fingerprint density at radius 1 is 1.22 bits per heavy atom. The van der Waals surface area contributed by atoms with E-state index in [0.29, 0.717) is 0 Å². The first-order chi connectivity index (χ1) is 7.84. The number of quaternary nitrogens is 1. The third-order valence-corrected chi connectivity index (χ3v) is 3.87. The SMILES string of the molecule is C=CC(=O)NC(C)(C)CC[N+](CC)(CC)CC.[Cl-]. The molecule has 0 rings (SSSR count). The summed E-state index contributed by atoms with van der Waals surface area (Å²) in [7, 11) is 0. The molecule has 0 saturated carbocycles. The van der Waals surface area contributed by atoms with Crippen LogP contribution in [-0.4, -0.2) is 42.1 Å². The van der Waals surface area contributed by atoms with Crippen molar-refractivity contribution in [2.75, 3.05) is 26.2 Å². The summed E-state index contributed by atoms with van der Waals surface area (Å²) < 4.78 is 1.12. The Bertz CT molecular complexity index is 252. The number of hydrogen-bond donors (Lipinski definition) is 1. The molecule has 0 aromatic carbocycles. The molecule has 4 heteroatoms. The topological polar surface area (TPSA) is 29.1 Å². The van der Waals surface area contributed by atoms with Crippen LogP contribution >= 0.6 is 0 Å². The molecule has 0 unspecified atom stereocenters. The fourth-order valence-electron chi connectivity index (χ4n) is 2.11. The molecule has 0 aliphatic heterocycles. The van der Waals surface area contributed by atoms with E-state index in [-0.39, 0.29) is 23.9 Å². The minimum atomic E-state index is -0.158.